The number of nitrogens with one attached hydrogen (secondary N) is 2. The van der Waals surface area contributed by atoms with Gasteiger partial charge in [-0.2, -0.15) is 0 Å². The molecular formula is C25H20Cl3N3O2S. The van der Waals surface area contributed by atoms with Crippen molar-refractivity contribution in [2.75, 3.05) is 5.32 Å². The number of carbonyl (C=O) groups is 1. The molecular weight excluding hydrogens is 513 g/mol. The number of thiocarbonyl (C=S) groups is 1. The summed E-state index contributed by atoms with van der Waals surface area (Å²) in [5.74, 6) is 0.470. The maximum absolute atomic E-state index is 12.5. The molecule has 0 fully saturated rings. The minimum atomic E-state index is -0.431. The maximum Gasteiger partial charge on any atom is 0.257 e. The molecule has 34 heavy (non-hydrogen) atoms. The Hall–Kier alpha value is -2.64. The fourth-order valence-corrected chi connectivity index (χ4v) is 4.00. The first-order valence-electron chi connectivity index (χ1n) is 10.5. The van der Waals surface area contributed by atoms with Crippen LogP contribution in [0.4, 0.5) is 5.69 Å². The summed E-state index contributed by atoms with van der Waals surface area (Å²) in [6, 6.07) is 15.9. The summed E-state index contributed by atoms with van der Waals surface area (Å²) >= 11 is 23.5. The van der Waals surface area contributed by atoms with E-state index >= 15 is 0 Å². The Morgan fingerprint density at radius 2 is 1.79 bits per heavy atom. The third kappa shape index (κ3) is 5.36. The van der Waals surface area contributed by atoms with E-state index in [0.29, 0.717) is 44.3 Å². The molecule has 9 heteroatoms. The summed E-state index contributed by atoms with van der Waals surface area (Å²) in [5.41, 5.74) is 4.25. The van der Waals surface area contributed by atoms with Gasteiger partial charge in [0.25, 0.3) is 5.91 Å². The number of fused-ring (bicyclic) bond motifs is 1. The average Bonchev–Trinajstić information content (AvgIpc) is 3.25. The van der Waals surface area contributed by atoms with Gasteiger partial charge in [-0.1, -0.05) is 54.7 Å². The Kier molecular flexibility index (Phi) is 7.43. The normalized spacial score (nSPS) is 11.9. The van der Waals surface area contributed by atoms with Gasteiger partial charge in [0, 0.05) is 11.1 Å². The number of amides is 1. The number of aromatic nitrogens is 1. The molecule has 174 valence electrons. The molecule has 3 aromatic carbocycles. The number of carbonyl (C=O) groups excluding carboxylic acids is 1. The van der Waals surface area contributed by atoms with E-state index in [-0.39, 0.29) is 10.1 Å². The van der Waals surface area contributed by atoms with Gasteiger partial charge in [-0.3, -0.25) is 10.1 Å². The molecule has 4 rings (SSSR count). The third-order valence-electron chi connectivity index (χ3n) is 5.46. The van der Waals surface area contributed by atoms with Gasteiger partial charge in [-0.25, -0.2) is 4.98 Å². The first-order valence-corrected chi connectivity index (χ1v) is 12.1. The van der Waals surface area contributed by atoms with E-state index < -0.39 is 5.91 Å². The topological polar surface area (TPSA) is 67.2 Å². The van der Waals surface area contributed by atoms with Gasteiger partial charge in [0.2, 0.25) is 5.89 Å². The van der Waals surface area contributed by atoms with E-state index in [2.05, 4.69) is 41.6 Å². The van der Waals surface area contributed by atoms with Crippen molar-refractivity contribution in [3.63, 3.8) is 0 Å². The summed E-state index contributed by atoms with van der Waals surface area (Å²) in [5, 5.41) is 6.69. The van der Waals surface area contributed by atoms with Gasteiger partial charge in [-0.15, -0.1) is 0 Å². The average molecular weight is 533 g/mol. The predicted octanol–water partition coefficient (Wildman–Crippen LogP) is 8.10. The number of hydrogen-bond donors (Lipinski definition) is 2. The molecule has 5 nitrogen and oxygen atoms in total. The first kappa shape index (κ1) is 24.5. The van der Waals surface area contributed by atoms with Crippen molar-refractivity contribution < 1.29 is 9.21 Å². The second kappa shape index (κ2) is 10.3. The van der Waals surface area contributed by atoms with Crippen LogP contribution in [-0.4, -0.2) is 16.0 Å². The van der Waals surface area contributed by atoms with Crippen molar-refractivity contribution in [2.24, 2.45) is 0 Å². The lowest BCUT2D eigenvalue weighted by molar-refractivity contribution is 0.0977. The van der Waals surface area contributed by atoms with Crippen molar-refractivity contribution in [3.05, 3.63) is 80.8 Å². The molecule has 0 saturated carbocycles. The fourth-order valence-electron chi connectivity index (χ4n) is 3.33. The number of oxazole rings is 1. The highest BCUT2D eigenvalue weighted by Gasteiger charge is 2.15. The quantitative estimate of drug-likeness (QED) is 0.254. The van der Waals surface area contributed by atoms with Gasteiger partial charge in [-0.05, 0) is 78.7 Å². The number of halogens is 3. The van der Waals surface area contributed by atoms with E-state index in [1.165, 1.54) is 11.6 Å². The van der Waals surface area contributed by atoms with Gasteiger partial charge in [0.15, 0.2) is 10.7 Å². The van der Waals surface area contributed by atoms with E-state index in [9.17, 15) is 4.79 Å². The molecule has 1 amide bonds. The molecule has 0 saturated heterocycles. The second-order valence-electron chi connectivity index (χ2n) is 7.79. The van der Waals surface area contributed by atoms with E-state index in [1.54, 1.807) is 24.3 Å². The molecule has 4 aromatic rings. The highest BCUT2D eigenvalue weighted by molar-refractivity contribution is 7.80. The number of benzene rings is 3. The van der Waals surface area contributed by atoms with Crippen LogP contribution in [0, 0.1) is 0 Å². The maximum atomic E-state index is 12.5. The zero-order valence-electron chi connectivity index (χ0n) is 18.3. The number of rotatable bonds is 5. The van der Waals surface area contributed by atoms with E-state index in [0.717, 1.165) is 11.9 Å². The highest BCUT2D eigenvalue weighted by Crippen LogP contribution is 2.32. The Morgan fingerprint density at radius 3 is 2.53 bits per heavy atom. The lowest BCUT2D eigenvalue weighted by atomic mass is 9.98. The minimum Gasteiger partial charge on any atom is -0.436 e. The van der Waals surface area contributed by atoms with E-state index in [4.69, 9.17) is 51.4 Å². The van der Waals surface area contributed by atoms with Crippen LogP contribution in [0.25, 0.3) is 22.6 Å². The van der Waals surface area contributed by atoms with Crippen molar-refractivity contribution >= 4 is 74.8 Å². The molecule has 0 aliphatic heterocycles. The van der Waals surface area contributed by atoms with Crippen molar-refractivity contribution in [1.29, 1.82) is 0 Å². The van der Waals surface area contributed by atoms with Gasteiger partial charge < -0.3 is 9.73 Å². The Balaban J connectivity index is 1.53. The van der Waals surface area contributed by atoms with Crippen molar-refractivity contribution in [3.8, 4) is 11.5 Å². The van der Waals surface area contributed by atoms with Crippen LogP contribution >= 0.6 is 47.0 Å². The Labute approximate surface area is 217 Å². The molecule has 0 radical (unpaired) electrons. The molecule has 0 bridgehead atoms. The number of nitrogens with zero attached hydrogens (tertiary/aromatic N) is 1. The second-order valence-corrected chi connectivity index (χ2v) is 9.42. The van der Waals surface area contributed by atoms with Crippen molar-refractivity contribution in [1.82, 2.24) is 10.3 Å². The SMILES string of the molecule is CCC(C)c1ccc2oc(-c3ccc(Cl)c(NC(=S)NC(=O)c4ccc(Cl)c(Cl)c4)c3)nc2c1. The van der Waals surface area contributed by atoms with Crippen molar-refractivity contribution in [2.45, 2.75) is 26.2 Å². The zero-order valence-corrected chi connectivity index (χ0v) is 21.4. The van der Waals surface area contributed by atoms with Gasteiger partial charge in [0.1, 0.15) is 5.52 Å². The molecule has 0 aliphatic carbocycles. The molecule has 2 N–H and O–H groups in total. The van der Waals surface area contributed by atoms with Crippen LogP contribution in [-0.2, 0) is 0 Å². The fraction of sp³-hybridized carbons (Fsp3) is 0.160. The largest absolute Gasteiger partial charge is 0.436 e. The van der Waals surface area contributed by atoms with Crippen LogP contribution in [0.5, 0.6) is 0 Å². The summed E-state index contributed by atoms with van der Waals surface area (Å²) in [6.07, 6.45) is 1.05. The highest BCUT2D eigenvalue weighted by atomic mass is 35.5. The minimum absolute atomic E-state index is 0.0749. The summed E-state index contributed by atoms with van der Waals surface area (Å²) < 4.78 is 5.96. The summed E-state index contributed by atoms with van der Waals surface area (Å²) in [6.45, 7) is 4.34. The first-order chi connectivity index (χ1) is 16.2. The Bertz CT molecular complexity index is 1400. The van der Waals surface area contributed by atoms with Crippen LogP contribution in [0.3, 0.4) is 0 Å². The van der Waals surface area contributed by atoms with Crippen LogP contribution in [0.1, 0.15) is 42.1 Å². The lowest BCUT2D eigenvalue weighted by Gasteiger charge is -2.12. The monoisotopic (exact) mass is 531 g/mol. The smallest absolute Gasteiger partial charge is 0.257 e. The molecule has 1 aromatic heterocycles. The number of hydrogen-bond acceptors (Lipinski definition) is 4. The molecule has 1 atom stereocenters. The predicted molar refractivity (Wildman–Crippen MR) is 143 cm³/mol. The van der Waals surface area contributed by atoms with Crippen LogP contribution < -0.4 is 10.6 Å². The molecule has 1 heterocycles. The molecule has 1 unspecified atom stereocenters. The number of anilines is 1. The molecule has 0 aliphatic rings. The molecule has 0 spiro atoms. The Morgan fingerprint density at radius 1 is 1.03 bits per heavy atom. The van der Waals surface area contributed by atoms with Gasteiger partial charge >= 0.3 is 0 Å². The van der Waals surface area contributed by atoms with Crippen LogP contribution in [0.2, 0.25) is 15.1 Å². The van der Waals surface area contributed by atoms with E-state index in [1.807, 2.05) is 12.1 Å². The summed E-state index contributed by atoms with van der Waals surface area (Å²) in [7, 11) is 0. The van der Waals surface area contributed by atoms with Crippen LogP contribution in [0.15, 0.2) is 59.0 Å². The third-order valence-corrected chi connectivity index (χ3v) is 6.74. The lowest BCUT2D eigenvalue weighted by Crippen LogP contribution is -2.34. The summed E-state index contributed by atoms with van der Waals surface area (Å²) in [4.78, 5) is 17.1. The standard InChI is InChI=1S/C25H20Cl3N3O2S/c1-3-13(2)14-6-9-22-21(11-14)29-24(33-22)16-5-8-18(27)20(12-16)30-25(34)31-23(32)15-4-7-17(26)19(28)10-15/h4-13H,3H2,1-2H3,(H2,30,31,32,34). The van der Waals surface area contributed by atoms with Gasteiger partial charge in [0.05, 0.1) is 20.8 Å². The zero-order chi connectivity index (χ0) is 24.4.